The highest BCUT2D eigenvalue weighted by Gasteiger charge is 2.11. The van der Waals surface area contributed by atoms with Gasteiger partial charge in [-0.2, -0.15) is 5.10 Å². The Hall–Kier alpha value is -3.22. The van der Waals surface area contributed by atoms with E-state index in [-0.39, 0.29) is 5.91 Å². The number of nitrogens with one attached hydrogen (secondary N) is 1. The van der Waals surface area contributed by atoms with E-state index in [2.05, 4.69) is 20.4 Å². The molecule has 2 heterocycles. The van der Waals surface area contributed by atoms with E-state index in [0.29, 0.717) is 11.4 Å². The summed E-state index contributed by atoms with van der Waals surface area (Å²) in [6.45, 7) is 1.97. The third-order valence-corrected chi connectivity index (χ3v) is 3.44. The van der Waals surface area contributed by atoms with Crippen molar-refractivity contribution in [1.82, 2.24) is 19.7 Å². The van der Waals surface area contributed by atoms with E-state index >= 15 is 0 Å². The summed E-state index contributed by atoms with van der Waals surface area (Å²) in [5.41, 5.74) is 1.69. The Morgan fingerprint density at radius 1 is 1.17 bits per heavy atom. The molecule has 122 valence electrons. The van der Waals surface area contributed by atoms with Crippen LogP contribution in [0.4, 0.5) is 5.69 Å². The van der Waals surface area contributed by atoms with Crippen molar-refractivity contribution < 1.29 is 9.53 Å². The number of aromatic nitrogens is 4. The normalized spacial score (nSPS) is 10.4. The lowest BCUT2D eigenvalue weighted by atomic mass is 10.3. The molecule has 3 rings (SSSR count). The fourth-order valence-electron chi connectivity index (χ4n) is 2.12. The Bertz CT molecular complexity index is 825. The second-order valence-electron chi connectivity index (χ2n) is 5.04. The van der Waals surface area contributed by atoms with Crippen LogP contribution in [-0.2, 0) is 6.42 Å². The molecule has 1 aromatic carbocycles. The molecule has 0 aliphatic rings. The molecular weight excluding hydrogens is 306 g/mol. The molecule has 0 bridgehead atoms. The van der Waals surface area contributed by atoms with Crippen molar-refractivity contribution in [3.8, 4) is 11.4 Å². The molecule has 0 atom stereocenters. The third kappa shape index (κ3) is 3.40. The number of carbonyl (C=O) groups excluding carboxylic acids is 1. The van der Waals surface area contributed by atoms with Crippen LogP contribution in [0.25, 0.3) is 5.69 Å². The van der Waals surface area contributed by atoms with Gasteiger partial charge in [-0.05, 0) is 30.3 Å². The SMILES string of the molecule is CCc1ncc(NC(=O)c2ccn(-c3ccc(OC)cc3)n2)cn1. The predicted octanol–water partition coefficient (Wildman–Crippen LogP) is 2.49. The molecule has 0 aliphatic heterocycles. The maximum absolute atomic E-state index is 12.3. The van der Waals surface area contributed by atoms with Crippen LogP contribution < -0.4 is 10.1 Å². The first-order valence-electron chi connectivity index (χ1n) is 7.52. The van der Waals surface area contributed by atoms with Gasteiger partial charge in [-0.1, -0.05) is 6.92 Å². The van der Waals surface area contributed by atoms with Crippen LogP contribution in [0.5, 0.6) is 5.75 Å². The maximum Gasteiger partial charge on any atom is 0.276 e. The summed E-state index contributed by atoms with van der Waals surface area (Å²) in [5, 5.41) is 7.02. The number of hydrogen-bond donors (Lipinski definition) is 1. The van der Waals surface area contributed by atoms with Crippen LogP contribution >= 0.6 is 0 Å². The Kier molecular flexibility index (Phi) is 4.51. The molecule has 7 nitrogen and oxygen atoms in total. The molecule has 3 aromatic rings. The maximum atomic E-state index is 12.3. The number of methoxy groups -OCH3 is 1. The fraction of sp³-hybridized carbons (Fsp3) is 0.176. The lowest BCUT2D eigenvalue weighted by Gasteiger charge is -2.04. The monoisotopic (exact) mass is 323 g/mol. The Morgan fingerprint density at radius 2 is 1.88 bits per heavy atom. The number of ether oxygens (including phenoxy) is 1. The number of anilines is 1. The lowest BCUT2D eigenvalue weighted by molar-refractivity contribution is 0.102. The highest BCUT2D eigenvalue weighted by atomic mass is 16.5. The van der Waals surface area contributed by atoms with Gasteiger partial charge < -0.3 is 10.1 Å². The first-order valence-corrected chi connectivity index (χ1v) is 7.52. The van der Waals surface area contributed by atoms with Crippen LogP contribution in [0.15, 0.2) is 48.9 Å². The standard InChI is InChI=1S/C17H17N5O2/c1-3-16-18-10-12(11-19-16)20-17(23)15-8-9-22(21-15)13-4-6-14(24-2)7-5-13/h4-11H,3H2,1-2H3,(H,20,23). The number of rotatable bonds is 5. The van der Waals surface area contributed by atoms with Gasteiger partial charge in [-0.15, -0.1) is 0 Å². The van der Waals surface area contributed by atoms with Crippen LogP contribution in [-0.4, -0.2) is 32.8 Å². The summed E-state index contributed by atoms with van der Waals surface area (Å²) in [5.74, 6) is 1.19. The number of nitrogens with zero attached hydrogens (tertiary/aromatic N) is 4. The van der Waals surface area contributed by atoms with Gasteiger partial charge in [0.1, 0.15) is 11.6 Å². The molecule has 0 aliphatic carbocycles. The van der Waals surface area contributed by atoms with Gasteiger partial charge in [0.2, 0.25) is 0 Å². The highest BCUT2D eigenvalue weighted by molar-refractivity contribution is 6.02. The minimum atomic E-state index is -0.310. The van der Waals surface area contributed by atoms with Crippen LogP contribution in [0.3, 0.4) is 0 Å². The van der Waals surface area contributed by atoms with Crippen LogP contribution in [0, 0.1) is 0 Å². The van der Waals surface area contributed by atoms with Gasteiger partial charge in [0, 0.05) is 12.6 Å². The number of amides is 1. The molecule has 2 aromatic heterocycles. The average molecular weight is 323 g/mol. The Labute approximate surface area is 139 Å². The van der Waals surface area contributed by atoms with Crippen molar-refractivity contribution >= 4 is 11.6 Å². The third-order valence-electron chi connectivity index (χ3n) is 3.44. The average Bonchev–Trinajstić information content (AvgIpc) is 3.13. The fourth-order valence-corrected chi connectivity index (χ4v) is 2.12. The minimum Gasteiger partial charge on any atom is -0.497 e. The summed E-state index contributed by atoms with van der Waals surface area (Å²) in [6, 6.07) is 9.06. The summed E-state index contributed by atoms with van der Waals surface area (Å²) in [4.78, 5) is 20.6. The number of aryl methyl sites for hydroxylation is 1. The zero-order valence-electron chi connectivity index (χ0n) is 13.4. The summed E-state index contributed by atoms with van der Waals surface area (Å²) >= 11 is 0. The smallest absolute Gasteiger partial charge is 0.276 e. The Morgan fingerprint density at radius 3 is 2.50 bits per heavy atom. The lowest BCUT2D eigenvalue weighted by Crippen LogP contribution is -2.13. The van der Waals surface area contributed by atoms with Crippen molar-refractivity contribution in [2.75, 3.05) is 12.4 Å². The van der Waals surface area contributed by atoms with E-state index in [1.54, 1.807) is 36.4 Å². The zero-order valence-corrected chi connectivity index (χ0v) is 13.4. The molecular formula is C17H17N5O2. The largest absolute Gasteiger partial charge is 0.497 e. The molecule has 0 radical (unpaired) electrons. The van der Waals surface area contributed by atoms with Crippen molar-refractivity contribution in [2.45, 2.75) is 13.3 Å². The minimum absolute atomic E-state index is 0.310. The molecule has 0 fully saturated rings. The highest BCUT2D eigenvalue weighted by Crippen LogP contribution is 2.15. The van der Waals surface area contributed by atoms with E-state index in [1.807, 2.05) is 31.2 Å². The first kappa shape index (κ1) is 15.7. The van der Waals surface area contributed by atoms with Gasteiger partial charge in [0.15, 0.2) is 5.69 Å². The molecule has 0 spiro atoms. The van der Waals surface area contributed by atoms with E-state index in [0.717, 1.165) is 23.7 Å². The topological polar surface area (TPSA) is 81.9 Å². The van der Waals surface area contributed by atoms with Gasteiger partial charge in [0.05, 0.1) is 30.9 Å². The van der Waals surface area contributed by atoms with E-state index in [4.69, 9.17) is 4.74 Å². The van der Waals surface area contributed by atoms with Crippen molar-refractivity contribution in [3.63, 3.8) is 0 Å². The van der Waals surface area contributed by atoms with E-state index in [1.165, 1.54) is 0 Å². The van der Waals surface area contributed by atoms with Gasteiger partial charge in [-0.3, -0.25) is 4.79 Å². The molecule has 24 heavy (non-hydrogen) atoms. The Balaban J connectivity index is 1.72. The number of benzene rings is 1. The first-order chi connectivity index (χ1) is 11.7. The molecule has 0 unspecified atom stereocenters. The quantitative estimate of drug-likeness (QED) is 0.780. The van der Waals surface area contributed by atoms with Crippen molar-refractivity contribution in [2.24, 2.45) is 0 Å². The molecule has 1 N–H and O–H groups in total. The van der Waals surface area contributed by atoms with Gasteiger partial charge in [0.25, 0.3) is 5.91 Å². The van der Waals surface area contributed by atoms with Crippen LogP contribution in [0.1, 0.15) is 23.2 Å². The molecule has 0 saturated heterocycles. The van der Waals surface area contributed by atoms with Crippen molar-refractivity contribution in [3.05, 3.63) is 60.4 Å². The molecule has 0 saturated carbocycles. The summed E-state index contributed by atoms with van der Waals surface area (Å²) in [7, 11) is 1.61. The van der Waals surface area contributed by atoms with Crippen molar-refractivity contribution in [1.29, 1.82) is 0 Å². The summed E-state index contributed by atoms with van der Waals surface area (Å²) in [6.07, 6.45) is 5.66. The van der Waals surface area contributed by atoms with E-state index in [9.17, 15) is 4.79 Å². The zero-order chi connectivity index (χ0) is 16.9. The number of hydrogen-bond acceptors (Lipinski definition) is 5. The molecule has 7 heteroatoms. The van der Waals surface area contributed by atoms with E-state index < -0.39 is 0 Å². The van der Waals surface area contributed by atoms with Gasteiger partial charge in [-0.25, -0.2) is 14.6 Å². The van der Waals surface area contributed by atoms with Gasteiger partial charge >= 0.3 is 0 Å². The van der Waals surface area contributed by atoms with Crippen LogP contribution in [0.2, 0.25) is 0 Å². The number of carbonyl (C=O) groups is 1. The predicted molar refractivity (Wildman–Crippen MR) is 89.5 cm³/mol. The molecule has 1 amide bonds. The summed E-state index contributed by atoms with van der Waals surface area (Å²) < 4.78 is 6.76. The second-order valence-corrected chi connectivity index (χ2v) is 5.04. The second kappa shape index (κ2) is 6.91.